The molecule has 1 aromatic carbocycles. The largest absolute Gasteiger partial charge is 0.478 e. The molecular weight excluding hydrogens is 475 g/mol. The van der Waals surface area contributed by atoms with Crippen molar-refractivity contribution < 1.29 is 23.8 Å². The van der Waals surface area contributed by atoms with E-state index in [0.717, 1.165) is 31.2 Å². The summed E-state index contributed by atoms with van der Waals surface area (Å²) in [7, 11) is 1.35. The summed E-state index contributed by atoms with van der Waals surface area (Å²) in [6.07, 6.45) is 3.46. The van der Waals surface area contributed by atoms with Crippen LogP contribution in [0.2, 0.25) is 0 Å². The highest BCUT2D eigenvalue weighted by atomic mass is 32.1. The van der Waals surface area contributed by atoms with E-state index >= 15 is 0 Å². The van der Waals surface area contributed by atoms with Gasteiger partial charge in [-0.05, 0) is 44.7 Å². The smallest absolute Gasteiger partial charge is 0.337 e. The molecule has 0 spiro atoms. The van der Waals surface area contributed by atoms with Gasteiger partial charge in [0.2, 0.25) is 10.3 Å². The molecule has 1 amide bonds. The number of benzene rings is 1. The Kier molecular flexibility index (Phi) is 7.61. The number of amides is 1. The quantitative estimate of drug-likeness (QED) is 0.420. The van der Waals surface area contributed by atoms with E-state index in [1.54, 1.807) is 18.2 Å². The van der Waals surface area contributed by atoms with Gasteiger partial charge in [0.15, 0.2) is 6.10 Å². The van der Waals surface area contributed by atoms with E-state index in [4.69, 9.17) is 9.84 Å². The summed E-state index contributed by atoms with van der Waals surface area (Å²) in [5, 5.41) is 32.0. The van der Waals surface area contributed by atoms with Crippen LogP contribution in [0.4, 0.5) is 14.7 Å². The van der Waals surface area contributed by atoms with Crippen LogP contribution in [-0.2, 0) is 9.53 Å². The minimum absolute atomic E-state index is 0.138. The first kappa shape index (κ1) is 24.6. The second-order valence-electron chi connectivity index (χ2n) is 8.41. The van der Waals surface area contributed by atoms with Crippen molar-refractivity contribution in [2.75, 3.05) is 17.7 Å². The highest BCUT2D eigenvalue weighted by Gasteiger charge is 2.27. The number of aromatic carboxylic acids is 1. The molecule has 0 saturated heterocycles. The lowest BCUT2D eigenvalue weighted by Gasteiger charge is -2.28. The van der Waals surface area contributed by atoms with Gasteiger partial charge < -0.3 is 15.2 Å². The monoisotopic (exact) mass is 500 g/mol. The van der Waals surface area contributed by atoms with Gasteiger partial charge in [0.25, 0.3) is 5.91 Å². The number of rotatable bonds is 8. The number of carboxylic acids is 1. The Morgan fingerprint density at radius 3 is 2.60 bits per heavy atom. The highest BCUT2D eigenvalue weighted by Crippen LogP contribution is 2.34. The molecule has 10 nitrogen and oxygen atoms in total. The summed E-state index contributed by atoms with van der Waals surface area (Å²) in [6.45, 7) is 1.81. The Morgan fingerprint density at radius 1 is 1.14 bits per heavy atom. The van der Waals surface area contributed by atoms with Crippen LogP contribution in [0.25, 0.3) is 0 Å². The molecule has 0 bridgehead atoms. The zero-order valence-electron chi connectivity index (χ0n) is 19.2. The lowest BCUT2D eigenvalue weighted by Crippen LogP contribution is -2.25. The number of anilines is 2. The van der Waals surface area contributed by atoms with Crippen LogP contribution in [0.15, 0.2) is 30.5 Å². The molecule has 2 aromatic heterocycles. The van der Waals surface area contributed by atoms with Gasteiger partial charge in [-0.3, -0.25) is 10.1 Å². The van der Waals surface area contributed by atoms with Crippen LogP contribution >= 0.6 is 11.3 Å². The SMILES string of the molecule is CO[C@H](C(=O)Nc1nnc(NC2CCC(c3cc(C(=O)O)cnn3)CC2)s1)c1cc(C)ccc1F. The van der Waals surface area contributed by atoms with Crippen LogP contribution < -0.4 is 10.6 Å². The third-order valence-electron chi connectivity index (χ3n) is 5.96. The van der Waals surface area contributed by atoms with E-state index in [2.05, 4.69) is 31.0 Å². The number of aromatic nitrogens is 4. The molecule has 0 aliphatic heterocycles. The van der Waals surface area contributed by atoms with Gasteiger partial charge in [0.1, 0.15) is 5.82 Å². The zero-order valence-corrected chi connectivity index (χ0v) is 20.0. The van der Waals surface area contributed by atoms with E-state index in [0.29, 0.717) is 10.8 Å². The highest BCUT2D eigenvalue weighted by molar-refractivity contribution is 7.19. The van der Waals surface area contributed by atoms with E-state index in [-0.39, 0.29) is 28.2 Å². The molecule has 4 rings (SSSR count). The molecule has 1 atom stereocenters. The molecule has 1 aliphatic rings. The fraction of sp³-hybridized carbons (Fsp3) is 0.391. The number of carboxylic acid groups (broad SMARTS) is 1. The second-order valence-corrected chi connectivity index (χ2v) is 9.39. The minimum atomic E-state index is -1.12. The van der Waals surface area contributed by atoms with E-state index in [1.807, 2.05) is 6.92 Å². The number of hydrogen-bond donors (Lipinski definition) is 3. The van der Waals surface area contributed by atoms with Crippen molar-refractivity contribution in [2.45, 2.75) is 50.7 Å². The maximum absolute atomic E-state index is 14.2. The Hall–Kier alpha value is -3.51. The maximum atomic E-state index is 14.2. The average Bonchev–Trinajstić information content (AvgIpc) is 3.28. The fourth-order valence-corrected chi connectivity index (χ4v) is 4.87. The molecular formula is C23H25FN6O4S. The van der Waals surface area contributed by atoms with Gasteiger partial charge in [0, 0.05) is 24.6 Å². The topological polar surface area (TPSA) is 139 Å². The molecule has 12 heteroatoms. The third kappa shape index (κ3) is 5.95. The molecule has 0 unspecified atom stereocenters. The second kappa shape index (κ2) is 10.8. The Balaban J connectivity index is 1.32. The molecule has 3 aromatic rings. The minimum Gasteiger partial charge on any atom is -0.478 e. The van der Waals surface area contributed by atoms with Gasteiger partial charge in [-0.2, -0.15) is 10.2 Å². The number of hydrogen-bond acceptors (Lipinski definition) is 9. The Morgan fingerprint density at radius 2 is 1.89 bits per heavy atom. The van der Waals surface area contributed by atoms with Gasteiger partial charge in [0.05, 0.1) is 17.5 Å². The van der Waals surface area contributed by atoms with Gasteiger partial charge in [-0.25, -0.2) is 9.18 Å². The average molecular weight is 501 g/mol. The Labute approximate surface area is 205 Å². The van der Waals surface area contributed by atoms with Crippen molar-refractivity contribution in [2.24, 2.45) is 0 Å². The molecule has 35 heavy (non-hydrogen) atoms. The van der Waals surface area contributed by atoms with Crippen LogP contribution in [0, 0.1) is 12.7 Å². The normalized spacial score (nSPS) is 18.6. The number of methoxy groups -OCH3 is 1. The van der Waals surface area contributed by atoms with E-state index < -0.39 is 23.8 Å². The lowest BCUT2D eigenvalue weighted by atomic mass is 9.84. The Bertz CT molecular complexity index is 1210. The first-order valence-electron chi connectivity index (χ1n) is 11.1. The summed E-state index contributed by atoms with van der Waals surface area (Å²) < 4.78 is 19.5. The zero-order chi connectivity index (χ0) is 24.9. The van der Waals surface area contributed by atoms with Crippen molar-refractivity contribution in [1.29, 1.82) is 0 Å². The van der Waals surface area contributed by atoms with Crippen molar-refractivity contribution >= 4 is 33.5 Å². The first-order chi connectivity index (χ1) is 16.8. The third-order valence-corrected chi connectivity index (χ3v) is 6.73. The molecule has 3 N–H and O–H groups in total. The molecule has 184 valence electrons. The summed E-state index contributed by atoms with van der Waals surface area (Å²) in [4.78, 5) is 23.9. The predicted molar refractivity (Wildman–Crippen MR) is 127 cm³/mol. The lowest BCUT2D eigenvalue weighted by molar-refractivity contribution is -0.126. The molecule has 0 radical (unpaired) electrons. The fourth-order valence-electron chi connectivity index (χ4n) is 4.15. The standard InChI is InChI=1S/C23H25FN6O4S/c1-12-3-8-17(24)16(9-12)19(34-2)20(31)27-23-30-29-22(35-23)26-15-6-4-13(5-7-15)18-10-14(21(32)33)11-25-28-18/h3,8-11,13,15,19H,4-7H2,1-2H3,(H,26,29)(H,32,33)(H,27,30,31)/t13?,15?,19-/m0/s1. The van der Waals surface area contributed by atoms with Crippen molar-refractivity contribution in [3.63, 3.8) is 0 Å². The summed E-state index contributed by atoms with van der Waals surface area (Å²) in [6, 6.07) is 6.26. The number of nitrogens with one attached hydrogen (secondary N) is 2. The van der Waals surface area contributed by atoms with Crippen LogP contribution in [0.3, 0.4) is 0 Å². The number of halogens is 1. The van der Waals surface area contributed by atoms with Gasteiger partial charge >= 0.3 is 5.97 Å². The molecule has 1 saturated carbocycles. The van der Waals surface area contributed by atoms with E-state index in [1.165, 1.54) is 30.7 Å². The molecule has 1 aliphatic carbocycles. The van der Waals surface area contributed by atoms with Crippen molar-refractivity contribution in [3.8, 4) is 0 Å². The summed E-state index contributed by atoms with van der Waals surface area (Å²) in [5.74, 6) is -1.92. The number of nitrogens with zero attached hydrogens (tertiary/aromatic N) is 4. The summed E-state index contributed by atoms with van der Waals surface area (Å²) in [5.41, 5.74) is 1.81. The van der Waals surface area contributed by atoms with Crippen LogP contribution in [0.1, 0.15) is 64.9 Å². The maximum Gasteiger partial charge on any atom is 0.337 e. The van der Waals surface area contributed by atoms with E-state index in [9.17, 15) is 14.0 Å². The number of aryl methyl sites for hydroxylation is 1. The van der Waals surface area contributed by atoms with Crippen molar-refractivity contribution in [1.82, 2.24) is 20.4 Å². The molecule has 2 heterocycles. The number of ether oxygens (including phenoxy) is 1. The predicted octanol–water partition coefficient (Wildman–Crippen LogP) is 3.94. The van der Waals surface area contributed by atoms with Gasteiger partial charge in [-0.15, -0.1) is 10.2 Å². The van der Waals surface area contributed by atoms with Crippen LogP contribution in [0.5, 0.6) is 0 Å². The summed E-state index contributed by atoms with van der Waals surface area (Å²) >= 11 is 1.19. The molecule has 1 fully saturated rings. The first-order valence-corrected chi connectivity index (χ1v) is 11.9. The van der Waals surface area contributed by atoms with Crippen molar-refractivity contribution in [3.05, 3.63) is 58.7 Å². The number of carbonyl (C=O) groups excluding carboxylic acids is 1. The van der Waals surface area contributed by atoms with Crippen LogP contribution in [-0.4, -0.2) is 50.5 Å². The van der Waals surface area contributed by atoms with Gasteiger partial charge in [-0.1, -0.05) is 29.0 Å². The number of carbonyl (C=O) groups is 2.